The predicted octanol–water partition coefficient (Wildman–Crippen LogP) is 3.43. The Morgan fingerprint density at radius 1 is 1.53 bits per heavy atom. The van der Waals surface area contributed by atoms with E-state index < -0.39 is 5.60 Å². The molecule has 0 saturated heterocycles. The number of halogens is 2. The van der Waals surface area contributed by atoms with Gasteiger partial charge in [-0.15, -0.1) is 0 Å². The lowest BCUT2D eigenvalue weighted by atomic mass is 9.90. The van der Waals surface area contributed by atoms with E-state index in [4.69, 9.17) is 16.3 Å². The van der Waals surface area contributed by atoms with Crippen molar-refractivity contribution in [2.75, 3.05) is 13.7 Å². The minimum absolute atomic E-state index is 0.349. The van der Waals surface area contributed by atoms with Gasteiger partial charge in [0.2, 0.25) is 0 Å². The van der Waals surface area contributed by atoms with Gasteiger partial charge in [-0.1, -0.05) is 33.6 Å². The van der Waals surface area contributed by atoms with Crippen LogP contribution in [0.25, 0.3) is 0 Å². The first-order chi connectivity index (χ1) is 8.05. The third-order valence-electron chi connectivity index (χ3n) is 3.24. The van der Waals surface area contributed by atoms with Gasteiger partial charge in [0.05, 0.1) is 12.2 Å². The van der Waals surface area contributed by atoms with E-state index in [2.05, 4.69) is 15.9 Å². The van der Waals surface area contributed by atoms with Crippen LogP contribution in [0.5, 0.6) is 0 Å². The van der Waals surface area contributed by atoms with Crippen LogP contribution in [0.3, 0.4) is 0 Å². The molecule has 1 aromatic carbocycles. The summed E-state index contributed by atoms with van der Waals surface area (Å²) in [5.74, 6) is 0.349. The first-order valence-electron chi connectivity index (χ1n) is 5.70. The molecule has 1 fully saturated rings. The SMILES string of the molecule is COCC(O)(Cc1ccc(Br)cc1Cl)C1CC1. The molecule has 0 heterocycles. The topological polar surface area (TPSA) is 29.5 Å². The van der Waals surface area contributed by atoms with E-state index in [-0.39, 0.29) is 0 Å². The maximum atomic E-state index is 10.6. The smallest absolute Gasteiger partial charge is 0.0948 e. The van der Waals surface area contributed by atoms with Gasteiger partial charge in [-0.25, -0.2) is 0 Å². The maximum Gasteiger partial charge on any atom is 0.0948 e. The zero-order valence-electron chi connectivity index (χ0n) is 9.75. The van der Waals surface area contributed by atoms with Crippen molar-refractivity contribution in [3.8, 4) is 0 Å². The van der Waals surface area contributed by atoms with Crippen LogP contribution in [0.2, 0.25) is 5.02 Å². The molecule has 2 rings (SSSR count). The fourth-order valence-corrected chi connectivity index (χ4v) is 2.92. The Bertz CT molecular complexity index is 406. The van der Waals surface area contributed by atoms with E-state index in [1.54, 1.807) is 7.11 Å². The summed E-state index contributed by atoms with van der Waals surface area (Å²) < 4.78 is 6.09. The Morgan fingerprint density at radius 2 is 2.24 bits per heavy atom. The third kappa shape index (κ3) is 3.22. The third-order valence-corrected chi connectivity index (χ3v) is 4.09. The lowest BCUT2D eigenvalue weighted by Crippen LogP contribution is -2.39. The van der Waals surface area contributed by atoms with Crippen molar-refractivity contribution in [3.05, 3.63) is 33.3 Å². The number of hydrogen-bond acceptors (Lipinski definition) is 2. The fourth-order valence-electron chi connectivity index (χ4n) is 2.18. The van der Waals surface area contributed by atoms with Crippen molar-refractivity contribution in [1.82, 2.24) is 0 Å². The van der Waals surface area contributed by atoms with E-state index in [1.165, 1.54) is 0 Å². The van der Waals surface area contributed by atoms with Crippen LogP contribution in [-0.2, 0) is 11.2 Å². The highest BCUT2D eigenvalue weighted by atomic mass is 79.9. The zero-order valence-corrected chi connectivity index (χ0v) is 12.1. The van der Waals surface area contributed by atoms with Crippen molar-refractivity contribution in [1.29, 1.82) is 0 Å². The molecule has 0 spiro atoms. The Kier molecular flexibility index (Phi) is 4.14. The van der Waals surface area contributed by atoms with Crippen LogP contribution in [-0.4, -0.2) is 24.4 Å². The lowest BCUT2D eigenvalue weighted by molar-refractivity contribution is -0.0474. The molecule has 0 aromatic heterocycles. The van der Waals surface area contributed by atoms with Crippen LogP contribution in [0, 0.1) is 5.92 Å². The van der Waals surface area contributed by atoms with Gasteiger partial charge in [-0.2, -0.15) is 0 Å². The van der Waals surface area contributed by atoms with Gasteiger partial charge in [0.1, 0.15) is 0 Å². The molecule has 1 aromatic rings. The normalized spacial score (nSPS) is 19.1. The summed E-state index contributed by atoms with van der Waals surface area (Å²) in [4.78, 5) is 0. The van der Waals surface area contributed by atoms with Crippen molar-refractivity contribution < 1.29 is 9.84 Å². The largest absolute Gasteiger partial charge is 0.387 e. The molecule has 0 aliphatic heterocycles. The second-order valence-electron chi connectivity index (χ2n) is 4.72. The van der Waals surface area contributed by atoms with Crippen molar-refractivity contribution in [2.45, 2.75) is 24.9 Å². The number of methoxy groups -OCH3 is 1. The van der Waals surface area contributed by atoms with Crippen LogP contribution >= 0.6 is 27.5 Å². The molecule has 0 bridgehead atoms. The molecular formula is C13H16BrClO2. The molecule has 0 amide bonds. The Balaban J connectivity index is 2.17. The first kappa shape index (κ1) is 13.3. The quantitative estimate of drug-likeness (QED) is 0.901. The molecule has 1 unspecified atom stereocenters. The summed E-state index contributed by atoms with van der Waals surface area (Å²) in [5.41, 5.74) is 0.202. The van der Waals surface area contributed by atoms with Gasteiger partial charge in [0, 0.05) is 23.0 Å². The molecule has 1 N–H and O–H groups in total. The highest BCUT2D eigenvalue weighted by Gasteiger charge is 2.44. The van der Waals surface area contributed by atoms with Gasteiger partial charge in [-0.3, -0.25) is 0 Å². The van der Waals surface area contributed by atoms with Crippen LogP contribution < -0.4 is 0 Å². The summed E-state index contributed by atoms with van der Waals surface area (Å²) in [6, 6.07) is 5.76. The summed E-state index contributed by atoms with van der Waals surface area (Å²) >= 11 is 9.56. The average molecular weight is 320 g/mol. The van der Waals surface area contributed by atoms with Gasteiger partial charge >= 0.3 is 0 Å². The van der Waals surface area contributed by atoms with Gasteiger partial charge in [0.15, 0.2) is 0 Å². The number of rotatable bonds is 5. The molecule has 1 aliphatic rings. The summed E-state index contributed by atoms with van der Waals surface area (Å²) in [6.07, 6.45) is 2.71. The number of benzene rings is 1. The summed E-state index contributed by atoms with van der Waals surface area (Å²) in [6.45, 7) is 0.365. The average Bonchev–Trinajstić information content (AvgIpc) is 3.06. The van der Waals surface area contributed by atoms with E-state index in [0.717, 1.165) is 22.9 Å². The molecule has 2 nitrogen and oxygen atoms in total. The predicted molar refractivity (Wildman–Crippen MR) is 72.4 cm³/mol. The van der Waals surface area contributed by atoms with Gasteiger partial charge in [-0.05, 0) is 36.5 Å². The van der Waals surface area contributed by atoms with Crippen LogP contribution in [0.15, 0.2) is 22.7 Å². The zero-order chi connectivity index (χ0) is 12.5. The van der Waals surface area contributed by atoms with Crippen LogP contribution in [0.4, 0.5) is 0 Å². The Hall–Kier alpha value is -0.0900. The molecule has 1 saturated carbocycles. The molecule has 4 heteroatoms. The maximum absolute atomic E-state index is 10.6. The highest BCUT2D eigenvalue weighted by molar-refractivity contribution is 9.10. The van der Waals surface area contributed by atoms with E-state index in [0.29, 0.717) is 24.0 Å². The lowest BCUT2D eigenvalue weighted by Gasteiger charge is -2.28. The van der Waals surface area contributed by atoms with Crippen LogP contribution in [0.1, 0.15) is 18.4 Å². The molecular weight excluding hydrogens is 303 g/mol. The van der Waals surface area contributed by atoms with Gasteiger partial charge < -0.3 is 9.84 Å². The van der Waals surface area contributed by atoms with E-state index in [1.807, 2.05) is 18.2 Å². The fraction of sp³-hybridized carbons (Fsp3) is 0.538. The summed E-state index contributed by atoms with van der Waals surface area (Å²) in [5, 5.41) is 11.3. The highest BCUT2D eigenvalue weighted by Crippen LogP contribution is 2.42. The molecule has 0 radical (unpaired) electrons. The molecule has 94 valence electrons. The first-order valence-corrected chi connectivity index (χ1v) is 6.87. The standard InChI is InChI=1S/C13H16BrClO2/c1-17-8-13(16,10-3-4-10)7-9-2-5-11(14)6-12(9)15/h2,5-6,10,16H,3-4,7-8H2,1H3. The molecule has 17 heavy (non-hydrogen) atoms. The number of ether oxygens (including phenoxy) is 1. The van der Waals surface area contributed by atoms with Crippen molar-refractivity contribution >= 4 is 27.5 Å². The molecule has 1 aliphatic carbocycles. The second kappa shape index (κ2) is 5.27. The van der Waals surface area contributed by atoms with E-state index in [9.17, 15) is 5.11 Å². The molecule has 1 atom stereocenters. The Morgan fingerprint density at radius 3 is 2.76 bits per heavy atom. The van der Waals surface area contributed by atoms with Crippen molar-refractivity contribution in [3.63, 3.8) is 0 Å². The van der Waals surface area contributed by atoms with E-state index >= 15 is 0 Å². The minimum atomic E-state index is -0.772. The summed E-state index contributed by atoms with van der Waals surface area (Å²) in [7, 11) is 1.62. The second-order valence-corrected chi connectivity index (χ2v) is 6.05. The number of aliphatic hydroxyl groups is 1. The van der Waals surface area contributed by atoms with Crippen molar-refractivity contribution in [2.24, 2.45) is 5.92 Å². The minimum Gasteiger partial charge on any atom is -0.387 e. The Labute approximate surface area is 115 Å². The van der Waals surface area contributed by atoms with Gasteiger partial charge in [0.25, 0.3) is 0 Å². The number of hydrogen-bond donors (Lipinski definition) is 1. The monoisotopic (exact) mass is 318 g/mol.